The van der Waals surface area contributed by atoms with Crippen molar-refractivity contribution in [1.29, 1.82) is 0 Å². The van der Waals surface area contributed by atoms with Gasteiger partial charge in [0.1, 0.15) is 0 Å². The molecule has 0 unspecified atom stereocenters. The number of hydrogen-bond donors (Lipinski definition) is 2. The van der Waals surface area contributed by atoms with Crippen LogP contribution in [0.3, 0.4) is 0 Å². The number of aromatic nitrogens is 1. The fraction of sp³-hybridized carbons (Fsp3) is 0.400. The molecule has 20 heavy (non-hydrogen) atoms. The number of ether oxygens (including phenoxy) is 1. The summed E-state index contributed by atoms with van der Waals surface area (Å²) in [5.41, 5.74) is 5.97. The van der Waals surface area contributed by atoms with Crippen molar-refractivity contribution < 1.29 is 9.13 Å². The Balaban J connectivity index is 2.80. The maximum Gasteiger partial charge on any atom is 0.167 e. The Morgan fingerprint density at radius 3 is 2.65 bits per heavy atom. The molecule has 0 aliphatic rings. The first-order valence-corrected chi connectivity index (χ1v) is 6.72. The van der Waals surface area contributed by atoms with Gasteiger partial charge in [-0.05, 0) is 25.8 Å². The van der Waals surface area contributed by atoms with E-state index < -0.39 is 5.82 Å². The summed E-state index contributed by atoms with van der Waals surface area (Å²) in [5.74, 6) is 5.74. The highest BCUT2D eigenvalue weighted by Crippen LogP contribution is 2.35. The molecule has 1 aromatic heterocycles. The number of benzene rings is 1. The lowest BCUT2D eigenvalue weighted by molar-refractivity contribution is 0.322. The van der Waals surface area contributed by atoms with Crippen molar-refractivity contribution >= 4 is 16.6 Å². The van der Waals surface area contributed by atoms with Crippen LogP contribution in [0.15, 0.2) is 12.1 Å². The van der Waals surface area contributed by atoms with Crippen LogP contribution >= 0.6 is 0 Å². The van der Waals surface area contributed by atoms with Gasteiger partial charge >= 0.3 is 0 Å². The number of fused-ring (bicyclic) bond motifs is 1. The van der Waals surface area contributed by atoms with Gasteiger partial charge in [-0.3, -0.25) is 10.8 Å². The molecule has 0 bridgehead atoms. The van der Waals surface area contributed by atoms with E-state index in [0.717, 1.165) is 22.3 Å². The number of aryl methyl sites for hydroxylation is 1. The Labute approximate surface area is 118 Å². The minimum Gasteiger partial charge on any atom is -0.491 e. The van der Waals surface area contributed by atoms with Gasteiger partial charge in [-0.1, -0.05) is 13.8 Å². The Morgan fingerprint density at radius 2 is 2.10 bits per heavy atom. The van der Waals surface area contributed by atoms with Gasteiger partial charge < -0.3 is 10.2 Å². The summed E-state index contributed by atoms with van der Waals surface area (Å²) in [7, 11) is 0. The quantitative estimate of drug-likeness (QED) is 0.663. The summed E-state index contributed by atoms with van der Waals surface area (Å²) in [5, 5.41) is 0.770. The maximum absolute atomic E-state index is 13.9. The molecule has 3 N–H and O–H groups in total. The standard InChI is InChI=1S/C15H20FN3O/c1-5-20-13-6-10-12(7-11(13)16)18-9(4)14(8(2)3)15(10)19-17/h6-8H,5,17H2,1-4H3,(H,18,19). The van der Waals surface area contributed by atoms with Gasteiger partial charge in [0.15, 0.2) is 11.6 Å². The van der Waals surface area contributed by atoms with E-state index in [1.807, 2.05) is 13.8 Å². The molecule has 0 spiro atoms. The largest absolute Gasteiger partial charge is 0.491 e. The molecule has 0 fully saturated rings. The fourth-order valence-corrected chi connectivity index (χ4v) is 2.53. The Kier molecular flexibility index (Phi) is 4.09. The second-order valence-electron chi connectivity index (χ2n) is 5.02. The summed E-state index contributed by atoms with van der Waals surface area (Å²) < 4.78 is 19.2. The zero-order chi connectivity index (χ0) is 14.9. The monoisotopic (exact) mass is 277 g/mol. The fourth-order valence-electron chi connectivity index (χ4n) is 2.53. The van der Waals surface area contributed by atoms with Crippen LogP contribution in [-0.4, -0.2) is 11.6 Å². The maximum atomic E-state index is 13.9. The minimum absolute atomic E-state index is 0.219. The van der Waals surface area contributed by atoms with E-state index in [9.17, 15) is 4.39 Å². The van der Waals surface area contributed by atoms with Gasteiger partial charge in [-0.25, -0.2) is 4.39 Å². The third-order valence-corrected chi connectivity index (χ3v) is 3.29. The van der Waals surface area contributed by atoms with E-state index in [1.165, 1.54) is 6.07 Å². The van der Waals surface area contributed by atoms with Crippen LogP contribution in [0.4, 0.5) is 10.1 Å². The number of nitrogens with zero attached hydrogens (tertiary/aromatic N) is 1. The van der Waals surface area contributed by atoms with E-state index in [2.05, 4.69) is 24.3 Å². The van der Waals surface area contributed by atoms with Gasteiger partial charge in [0, 0.05) is 22.7 Å². The van der Waals surface area contributed by atoms with E-state index in [-0.39, 0.29) is 11.7 Å². The van der Waals surface area contributed by atoms with Crippen molar-refractivity contribution in [2.75, 3.05) is 12.0 Å². The van der Waals surface area contributed by atoms with Crippen LogP contribution < -0.4 is 16.0 Å². The third-order valence-electron chi connectivity index (χ3n) is 3.29. The molecule has 0 saturated heterocycles. The first kappa shape index (κ1) is 14.5. The van der Waals surface area contributed by atoms with Crippen LogP contribution in [0.1, 0.15) is 37.9 Å². The highest BCUT2D eigenvalue weighted by Gasteiger charge is 2.17. The molecule has 2 aromatic rings. The van der Waals surface area contributed by atoms with Gasteiger partial charge in [0.25, 0.3) is 0 Å². The van der Waals surface area contributed by atoms with Crippen LogP contribution in [0.2, 0.25) is 0 Å². The number of nitrogen functional groups attached to an aromatic ring is 1. The zero-order valence-corrected chi connectivity index (χ0v) is 12.2. The van der Waals surface area contributed by atoms with Crippen LogP contribution in [0.5, 0.6) is 5.75 Å². The Hall–Kier alpha value is -1.88. The lowest BCUT2D eigenvalue weighted by Gasteiger charge is -2.18. The van der Waals surface area contributed by atoms with Gasteiger partial charge in [0.05, 0.1) is 17.8 Å². The first-order chi connectivity index (χ1) is 9.49. The van der Waals surface area contributed by atoms with Crippen LogP contribution in [0.25, 0.3) is 10.9 Å². The van der Waals surface area contributed by atoms with Crippen molar-refractivity contribution in [1.82, 2.24) is 4.98 Å². The molecular weight excluding hydrogens is 257 g/mol. The van der Waals surface area contributed by atoms with E-state index in [4.69, 9.17) is 10.6 Å². The summed E-state index contributed by atoms with van der Waals surface area (Å²) in [4.78, 5) is 4.48. The summed E-state index contributed by atoms with van der Waals surface area (Å²) in [6.45, 7) is 8.28. The van der Waals surface area contributed by atoms with E-state index in [0.29, 0.717) is 12.1 Å². The lowest BCUT2D eigenvalue weighted by atomic mass is 9.97. The van der Waals surface area contributed by atoms with Gasteiger partial charge in [-0.2, -0.15) is 0 Å². The van der Waals surface area contributed by atoms with Crippen molar-refractivity contribution in [3.8, 4) is 5.75 Å². The number of nitrogens with one attached hydrogen (secondary N) is 1. The van der Waals surface area contributed by atoms with Gasteiger partial charge in [0.2, 0.25) is 0 Å². The topological polar surface area (TPSA) is 60.2 Å². The average molecular weight is 277 g/mol. The van der Waals surface area contributed by atoms with Gasteiger partial charge in [-0.15, -0.1) is 0 Å². The highest BCUT2D eigenvalue weighted by molar-refractivity contribution is 5.94. The Morgan fingerprint density at radius 1 is 1.40 bits per heavy atom. The van der Waals surface area contributed by atoms with Crippen molar-refractivity contribution in [2.45, 2.75) is 33.6 Å². The number of rotatable bonds is 4. The molecule has 108 valence electrons. The number of hydrogen-bond acceptors (Lipinski definition) is 4. The molecule has 1 heterocycles. The average Bonchev–Trinajstić information content (AvgIpc) is 2.38. The first-order valence-electron chi connectivity index (χ1n) is 6.72. The zero-order valence-electron chi connectivity index (χ0n) is 12.2. The number of anilines is 1. The predicted molar refractivity (Wildman–Crippen MR) is 79.5 cm³/mol. The molecule has 4 nitrogen and oxygen atoms in total. The second kappa shape index (κ2) is 5.63. The minimum atomic E-state index is -0.411. The summed E-state index contributed by atoms with van der Waals surface area (Å²) in [6.07, 6.45) is 0. The number of halogens is 1. The van der Waals surface area contributed by atoms with Crippen molar-refractivity contribution in [3.05, 3.63) is 29.2 Å². The predicted octanol–water partition coefficient (Wildman–Crippen LogP) is 3.49. The highest BCUT2D eigenvalue weighted by atomic mass is 19.1. The smallest absolute Gasteiger partial charge is 0.167 e. The molecule has 2 rings (SSSR count). The van der Waals surface area contributed by atoms with Crippen molar-refractivity contribution in [2.24, 2.45) is 5.84 Å². The van der Waals surface area contributed by atoms with Crippen LogP contribution in [0, 0.1) is 12.7 Å². The Bertz CT molecular complexity index is 641. The van der Waals surface area contributed by atoms with Crippen LogP contribution in [-0.2, 0) is 0 Å². The molecular formula is C15H20FN3O. The van der Waals surface area contributed by atoms with E-state index >= 15 is 0 Å². The summed E-state index contributed by atoms with van der Waals surface area (Å²) in [6, 6.07) is 3.04. The molecule has 1 aromatic carbocycles. The molecule has 0 saturated carbocycles. The summed E-state index contributed by atoms with van der Waals surface area (Å²) >= 11 is 0. The second-order valence-corrected chi connectivity index (χ2v) is 5.02. The number of nitrogens with two attached hydrogens (primary N) is 1. The third kappa shape index (κ3) is 2.41. The molecule has 0 aliphatic heterocycles. The van der Waals surface area contributed by atoms with E-state index in [1.54, 1.807) is 6.07 Å². The number of hydrazine groups is 1. The molecule has 0 aliphatic carbocycles. The normalized spacial score (nSPS) is 11.2. The van der Waals surface area contributed by atoms with Crippen molar-refractivity contribution in [3.63, 3.8) is 0 Å². The lowest BCUT2D eigenvalue weighted by Crippen LogP contribution is -2.13. The molecule has 0 radical (unpaired) electrons. The SMILES string of the molecule is CCOc1cc2c(NN)c(C(C)C)c(C)nc2cc1F. The number of pyridine rings is 1. The molecule has 5 heteroatoms. The molecule has 0 atom stereocenters. The molecule has 0 amide bonds.